The fourth-order valence-electron chi connectivity index (χ4n) is 0.380. The molecule has 0 aromatic heterocycles. The summed E-state index contributed by atoms with van der Waals surface area (Å²) in [6.07, 6.45) is -10.6. The predicted octanol–water partition coefficient (Wildman–Crippen LogP) is 3.48. The van der Waals surface area contributed by atoms with Crippen LogP contribution >= 0.6 is 23.0 Å². The summed E-state index contributed by atoms with van der Waals surface area (Å²) >= 11 is 0.211. The number of hydrogen-bond donors (Lipinski definition) is 0. The van der Waals surface area contributed by atoms with E-state index in [-0.39, 0.29) is 23.0 Å². The molecule has 0 saturated carbocycles. The molecule has 0 radical (unpaired) electrons. The average molecular weight is 344 g/mol. The van der Waals surface area contributed by atoms with Crippen molar-refractivity contribution < 1.29 is 38.2 Å². The molecule has 0 spiro atoms. The lowest BCUT2D eigenvalue weighted by Gasteiger charge is -2.29. The molecule has 86 valence electrons. The summed E-state index contributed by atoms with van der Waals surface area (Å²) < 4.78 is 97.5. The molecule has 0 amide bonds. The Morgan fingerprint density at radius 2 is 1.29 bits per heavy atom. The number of alkyl halides is 8. The Morgan fingerprint density at radius 1 is 0.929 bits per heavy atom. The molecule has 14 heavy (non-hydrogen) atoms. The van der Waals surface area contributed by atoms with E-state index in [9.17, 15) is 35.1 Å². The smallest absolute Gasteiger partial charge is 0.244 e. The molecule has 0 unspecified atom stereocenters. The third-order valence-electron chi connectivity index (χ3n) is 1.16. The normalized spacial score (nSPS) is 15.0. The van der Waals surface area contributed by atoms with Gasteiger partial charge in [0.1, 0.15) is 23.0 Å². The second kappa shape index (κ2) is 3.94. The van der Waals surface area contributed by atoms with Crippen molar-refractivity contribution >= 4 is 23.0 Å². The van der Waals surface area contributed by atoms with Gasteiger partial charge in [-0.3, -0.25) is 0 Å². The highest BCUT2D eigenvalue weighted by atomic mass is 127. The van der Waals surface area contributed by atoms with Crippen LogP contribution in [-0.2, 0) is 3.07 Å². The summed E-state index contributed by atoms with van der Waals surface area (Å²) in [5.41, 5.74) is 0. The molecule has 0 aliphatic carbocycles. The molecule has 0 saturated heterocycles. The van der Waals surface area contributed by atoms with Crippen molar-refractivity contribution in [3.8, 4) is 0 Å². The topological polar surface area (TPSA) is 9.23 Å². The fraction of sp³-hybridized carbons (Fsp3) is 1.00. The highest BCUT2D eigenvalue weighted by Gasteiger charge is 2.76. The fourth-order valence-corrected chi connectivity index (χ4v) is 0.656. The Kier molecular flexibility index (Phi) is 3.98. The Balaban J connectivity index is 5.14. The van der Waals surface area contributed by atoms with Gasteiger partial charge >= 0.3 is 24.4 Å². The van der Waals surface area contributed by atoms with Gasteiger partial charge in [0.25, 0.3) is 0 Å². The van der Waals surface area contributed by atoms with Crippen LogP contribution < -0.4 is 0 Å². The maximum absolute atomic E-state index is 12.1. The molecule has 0 atom stereocenters. The first-order chi connectivity index (χ1) is 6.00. The van der Waals surface area contributed by atoms with Crippen molar-refractivity contribution in [1.82, 2.24) is 0 Å². The summed E-state index contributed by atoms with van der Waals surface area (Å²) in [5, 5.41) is 0. The van der Waals surface area contributed by atoms with Crippen molar-refractivity contribution in [2.75, 3.05) is 0 Å². The summed E-state index contributed by atoms with van der Waals surface area (Å²) in [5.74, 6) is -12.4. The van der Waals surface area contributed by atoms with Gasteiger partial charge in [0.15, 0.2) is 0 Å². The molecule has 0 aliphatic heterocycles. The Bertz CT molecular complexity index is 204. The molecular weight excluding hydrogens is 343 g/mol. The monoisotopic (exact) mass is 344 g/mol. The third-order valence-corrected chi connectivity index (χ3v) is 1.71. The van der Waals surface area contributed by atoms with Gasteiger partial charge < -0.3 is 0 Å². The molecule has 0 aromatic rings. The Hall–Kier alpha value is 0.130. The van der Waals surface area contributed by atoms with E-state index in [0.29, 0.717) is 0 Å². The standard InChI is InChI=1S/C4HF8IO/c5-1(6)2(7,8)3(9,10)4(11,12)14-13/h1H. The van der Waals surface area contributed by atoms with Crippen LogP contribution in [0.5, 0.6) is 0 Å². The second-order valence-electron chi connectivity index (χ2n) is 2.09. The van der Waals surface area contributed by atoms with Gasteiger partial charge in [0, 0.05) is 0 Å². The minimum absolute atomic E-state index is 0.211. The summed E-state index contributed by atoms with van der Waals surface area (Å²) in [6.45, 7) is 0. The minimum atomic E-state index is -6.28. The summed E-state index contributed by atoms with van der Waals surface area (Å²) in [6, 6.07) is 0. The molecule has 1 nitrogen and oxygen atoms in total. The van der Waals surface area contributed by atoms with Gasteiger partial charge in [-0.05, 0) is 0 Å². The van der Waals surface area contributed by atoms with Crippen LogP contribution in [0.4, 0.5) is 35.1 Å². The molecule has 10 heteroatoms. The van der Waals surface area contributed by atoms with E-state index < -0.39 is 24.4 Å². The molecule has 0 rings (SSSR count). The van der Waals surface area contributed by atoms with Gasteiger partial charge in [-0.1, -0.05) is 0 Å². The molecule has 0 N–H and O–H groups in total. The van der Waals surface area contributed by atoms with Crippen LogP contribution in [0.1, 0.15) is 0 Å². The van der Waals surface area contributed by atoms with E-state index in [0.717, 1.165) is 0 Å². The van der Waals surface area contributed by atoms with E-state index in [1.54, 1.807) is 0 Å². The lowest BCUT2D eigenvalue weighted by Crippen LogP contribution is -2.57. The molecule has 0 aliphatic rings. The number of rotatable bonds is 4. The maximum Gasteiger partial charge on any atom is 0.434 e. The van der Waals surface area contributed by atoms with E-state index >= 15 is 0 Å². The van der Waals surface area contributed by atoms with Gasteiger partial charge in [-0.15, -0.1) is 0 Å². The van der Waals surface area contributed by atoms with Crippen LogP contribution in [0.3, 0.4) is 0 Å². The average Bonchev–Trinajstić information content (AvgIpc) is 2.03. The van der Waals surface area contributed by atoms with Crippen LogP contribution in [0, 0.1) is 0 Å². The number of halogens is 9. The second-order valence-corrected chi connectivity index (χ2v) is 2.53. The van der Waals surface area contributed by atoms with Gasteiger partial charge in [0.05, 0.1) is 0 Å². The van der Waals surface area contributed by atoms with Gasteiger partial charge in [0.2, 0.25) is 0 Å². The first kappa shape index (κ1) is 14.1. The minimum Gasteiger partial charge on any atom is -0.244 e. The summed E-state index contributed by atoms with van der Waals surface area (Å²) in [7, 11) is 0. The van der Waals surface area contributed by atoms with E-state index in [2.05, 4.69) is 3.07 Å². The lowest BCUT2D eigenvalue weighted by molar-refractivity contribution is -0.382. The molecule has 0 bridgehead atoms. The Morgan fingerprint density at radius 3 is 1.50 bits per heavy atom. The zero-order chi connectivity index (χ0) is 11.8. The number of hydrogen-bond acceptors (Lipinski definition) is 1. The van der Waals surface area contributed by atoms with Crippen LogP contribution in [0.2, 0.25) is 0 Å². The quantitative estimate of drug-likeness (QED) is 0.561. The maximum atomic E-state index is 12.1. The SMILES string of the molecule is FC(F)C(F)(F)C(F)(F)C(F)(F)OI. The highest BCUT2D eigenvalue weighted by Crippen LogP contribution is 2.49. The van der Waals surface area contributed by atoms with E-state index in [1.165, 1.54) is 0 Å². The third kappa shape index (κ3) is 2.04. The molecule has 0 fully saturated rings. The zero-order valence-electron chi connectivity index (χ0n) is 5.89. The Labute approximate surface area is 86.1 Å². The van der Waals surface area contributed by atoms with Gasteiger partial charge in [-0.25, -0.2) is 11.8 Å². The largest absolute Gasteiger partial charge is 0.434 e. The van der Waals surface area contributed by atoms with Crippen molar-refractivity contribution in [1.29, 1.82) is 0 Å². The molecule has 0 heterocycles. The van der Waals surface area contributed by atoms with Crippen LogP contribution in [0.25, 0.3) is 0 Å². The van der Waals surface area contributed by atoms with Crippen molar-refractivity contribution in [2.24, 2.45) is 0 Å². The predicted molar refractivity (Wildman–Crippen MR) is 36.0 cm³/mol. The van der Waals surface area contributed by atoms with Crippen LogP contribution in [-0.4, -0.2) is 24.4 Å². The summed E-state index contributed by atoms with van der Waals surface area (Å²) in [4.78, 5) is 0. The zero-order valence-corrected chi connectivity index (χ0v) is 8.04. The van der Waals surface area contributed by atoms with Crippen molar-refractivity contribution in [3.05, 3.63) is 0 Å². The van der Waals surface area contributed by atoms with Gasteiger partial charge in [-0.2, -0.15) is 26.3 Å². The lowest BCUT2D eigenvalue weighted by atomic mass is 10.1. The van der Waals surface area contributed by atoms with E-state index in [4.69, 9.17) is 0 Å². The molecular formula is C4HF8IO. The van der Waals surface area contributed by atoms with Crippen molar-refractivity contribution in [3.63, 3.8) is 0 Å². The molecule has 0 aromatic carbocycles. The first-order valence-corrected chi connectivity index (χ1v) is 3.60. The first-order valence-electron chi connectivity index (χ1n) is 2.72. The van der Waals surface area contributed by atoms with E-state index in [1.807, 2.05) is 0 Å². The highest BCUT2D eigenvalue weighted by molar-refractivity contribution is 14.1. The van der Waals surface area contributed by atoms with Crippen LogP contribution in [0.15, 0.2) is 0 Å². The van der Waals surface area contributed by atoms with Crippen molar-refractivity contribution in [2.45, 2.75) is 24.4 Å².